The average molecular weight is 264 g/mol. The zero-order chi connectivity index (χ0) is 13.5. The topological polar surface area (TPSA) is 29.3 Å². The van der Waals surface area contributed by atoms with Crippen LogP contribution in [0, 0.1) is 17.8 Å². The van der Waals surface area contributed by atoms with Crippen LogP contribution in [0.5, 0.6) is 0 Å². The van der Waals surface area contributed by atoms with Crippen LogP contribution in [-0.4, -0.2) is 36.2 Å². The highest BCUT2D eigenvalue weighted by atomic mass is 19.4. The molecule has 106 valence electrons. The molecular formula is C13H23F3N2. The van der Waals surface area contributed by atoms with E-state index in [2.05, 4.69) is 0 Å². The van der Waals surface area contributed by atoms with Gasteiger partial charge in [0.2, 0.25) is 0 Å². The minimum absolute atomic E-state index is 0.0852. The number of fused-ring (bicyclic) bond motifs is 2. The molecule has 0 aromatic rings. The summed E-state index contributed by atoms with van der Waals surface area (Å²) in [5.41, 5.74) is 6.17. The zero-order valence-electron chi connectivity index (χ0n) is 11.1. The third kappa shape index (κ3) is 2.99. The number of hydrogen-bond donors (Lipinski definition) is 1. The predicted octanol–water partition coefficient (Wildman–Crippen LogP) is 2.63. The molecule has 18 heavy (non-hydrogen) atoms. The molecule has 2 nitrogen and oxygen atoms in total. The summed E-state index contributed by atoms with van der Waals surface area (Å²) in [7, 11) is 0. The van der Waals surface area contributed by atoms with E-state index in [9.17, 15) is 13.2 Å². The Kier molecular flexibility index (Phi) is 3.93. The maximum atomic E-state index is 12.6. The van der Waals surface area contributed by atoms with Crippen LogP contribution in [0.3, 0.4) is 0 Å². The van der Waals surface area contributed by atoms with Gasteiger partial charge in [0.15, 0.2) is 0 Å². The SMILES string of the molecule is CC(C)N(CC1C2CCC(C2)C1N)CC(F)(F)F. The summed E-state index contributed by atoms with van der Waals surface area (Å²) in [5.74, 6) is 1.37. The molecule has 4 unspecified atom stereocenters. The minimum atomic E-state index is -4.12. The maximum absolute atomic E-state index is 12.6. The van der Waals surface area contributed by atoms with Gasteiger partial charge in [0.25, 0.3) is 0 Å². The van der Waals surface area contributed by atoms with Crippen LogP contribution in [-0.2, 0) is 0 Å². The van der Waals surface area contributed by atoms with E-state index in [1.165, 1.54) is 11.3 Å². The van der Waals surface area contributed by atoms with Crippen molar-refractivity contribution in [3.63, 3.8) is 0 Å². The van der Waals surface area contributed by atoms with Gasteiger partial charge in [-0.15, -0.1) is 0 Å². The van der Waals surface area contributed by atoms with Gasteiger partial charge in [0.1, 0.15) is 0 Å². The highest BCUT2D eigenvalue weighted by Crippen LogP contribution is 2.48. The summed E-state index contributed by atoms with van der Waals surface area (Å²) < 4.78 is 37.7. The molecule has 0 aliphatic heterocycles. The molecule has 4 atom stereocenters. The Hall–Kier alpha value is -0.290. The first-order valence-electron chi connectivity index (χ1n) is 6.84. The van der Waals surface area contributed by atoms with Crippen molar-refractivity contribution >= 4 is 0 Å². The molecule has 0 saturated heterocycles. The molecule has 5 heteroatoms. The van der Waals surface area contributed by atoms with Crippen LogP contribution < -0.4 is 5.73 Å². The fourth-order valence-corrected chi connectivity index (χ4v) is 3.68. The largest absolute Gasteiger partial charge is 0.401 e. The third-order valence-electron chi connectivity index (χ3n) is 4.72. The van der Waals surface area contributed by atoms with Gasteiger partial charge < -0.3 is 5.73 Å². The van der Waals surface area contributed by atoms with E-state index in [1.54, 1.807) is 0 Å². The Labute approximate surface area is 107 Å². The molecule has 2 bridgehead atoms. The van der Waals surface area contributed by atoms with Crippen molar-refractivity contribution in [3.05, 3.63) is 0 Å². The predicted molar refractivity (Wildman–Crippen MR) is 65.1 cm³/mol. The van der Waals surface area contributed by atoms with Crippen molar-refractivity contribution in [1.29, 1.82) is 0 Å². The van der Waals surface area contributed by atoms with E-state index in [1.807, 2.05) is 13.8 Å². The molecule has 2 aliphatic carbocycles. The van der Waals surface area contributed by atoms with E-state index < -0.39 is 12.7 Å². The first kappa shape index (κ1) is 14.1. The normalized spacial score (nSPS) is 36.0. The number of halogens is 3. The molecule has 0 aromatic heterocycles. The van der Waals surface area contributed by atoms with E-state index in [0.717, 1.165) is 12.8 Å². The van der Waals surface area contributed by atoms with Crippen molar-refractivity contribution in [2.75, 3.05) is 13.1 Å². The summed E-state index contributed by atoms with van der Waals surface area (Å²) in [6, 6.07) is 0.0242. The molecule has 2 aliphatic rings. The van der Waals surface area contributed by atoms with Crippen molar-refractivity contribution in [2.45, 2.75) is 51.4 Å². The van der Waals surface area contributed by atoms with Crippen LogP contribution in [0.1, 0.15) is 33.1 Å². The fourth-order valence-electron chi connectivity index (χ4n) is 3.68. The van der Waals surface area contributed by atoms with Gasteiger partial charge in [0.05, 0.1) is 6.54 Å². The highest BCUT2D eigenvalue weighted by Gasteiger charge is 2.46. The van der Waals surface area contributed by atoms with Crippen LogP contribution in [0.4, 0.5) is 13.2 Å². The number of rotatable bonds is 4. The van der Waals surface area contributed by atoms with Crippen molar-refractivity contribution in [1.82, 2.24) is 4.90 Å². The first-order chi connectivity index (χ1) is 8.28. The van der Waals surface area contributed by atoms with E-state index >= 15 is 0 Å². The molecule has 0 heterocycles. The van der Waals surface area contributed by atoms with Gasteiger partial charge >= 0.3 is 6.18 Å². The average Bonchev–Trinajstić information content (AvgIpc) is 2.78. The Bertz CT molecular complexity index is 288. The lowest BCUT2D eigenvalue weighted by Gasteiger charge is -2.35. The summed E-state index contributed by atoms with van der Waals surface area (Å²) in [4.78, 5) is 1.53. The lowest BCUT2D eigenvalue weighted by molar-refractivity contribution is -0.151. The molecule has 0 radical (unpaired) electrons. The molecule has 0 amide bonds. The molecular weight excluding hydrogens is 241 g/mol. The van der Waals surface area contributed by atoms with Crippen molar-refractivity contribution in [3.8, 4) is 0 Å². The second-order valence-electron chi connectivity index (χ2n) is 6.21. The fraction of sp³-hybridized carbons (Fsp3) is 1.00. The number of nitrogens with two attached hydrogens (primary N) is 1. The molecule has 0 spiro atoms. The monoisotopic (exact) mass is 264 g/mol. The lowest BCUT2D eigenvalue weighted by atomic mass is 9.84. The second-order valence-corrected chi connectivity index (χ2v) is 6.21. The first-order valence-corrected chi connectivity index (χ1v) is 6.84. The highest BCUT2D eigenvalue weighted by molar-refractivity contribution is 5.00. The van der Waals surface area contributed by atoms with Gasteiger partial charge in [-0.25, -0.2) is 0 Å². The summed E-state index contributed by atoms with van der Waals surface area (Å²) in [6.45, 7) is 3.33. The molecule has 2 saturated carbocycles. The number of alkyl halides is 3. The van der Waals surface area contributed by atoms with E-state index in [4.69, 9.17) is 5.73 Å². The quantitative estimate of drug-likeness (QED) is 0.845. The van der Waals surface area contributed by atoms with Crippen LogP contribution in [0.25, 0.3) is 0 Å². The van der Waals surface area contributed by atoms with Crippen LogP contribution >= 0.6 is 0 Å². The summed E-state index contributed by atoms with van der Waals surface area (Å²) in [6.07, 6.45) is -0.667. The second kappa shape index (κ2) is 5.00. The van der Waals surface area contributed by atoms with Crippen molar-refractivity contribution < 1.29 is 13.2 Å². The van der Waals surface area contributed by atoms with Crippen LogP contribution in [0.15, 0.2) is 0 Å². The third-order valence-corrected chi connectivity index (χ3v) is 4.72. The Morgan fingerprint density at radius 1 is 1.22 bits per heavy atom. The van der Waals surface area contributed by atoms with Gasteiger partial charge in [-0.05, 0) is 50.9 Å². The summed E-state index contributed by atoms with van der Waals surface area (Å²) >= 11 is 0. The number of nitrogens with zero attached hydrogens (tertiary/aromatic N) is 1. The van der Waals surface area contributed by atoms with Gasteiger partial charge in [-0.3, -0.25) is 4.90 Å². The molecule has 2 fully saturated rings. The standard InChI is InChI=1S/C13H23F3N2/c1-8(2)18(7-13(14,15)16)6-11-9-3-4-10(5-9)12(11)17/h8-12H,3-7,17H2,1-2H3. The zero-order valence-corrected chi connectivity index (χ0v) is 11.1. The summed E-state index contributed by atoms with van der Waals surface area (Å²) in [5, 5.41) is 0. The molecule has 0 aromatic carbocycles. The minimum Gasteiger partial charge on any atom is -0.327 e. The Balaban J connectivity index is 1.97. The lowest BCUT2D eigenvalue weighted by Crippen LogP contribution is -2.47. The van der Waals surface area contributed by atoms with E-state index in [-0.39, 0.29) is 18.0 Å². The van der Waals surface area contributed by atoms with Crippen LogP contribution in [0.2, 0.25) is 0 Å². The van der Waals surface area contributed by atoms with Gasteiger partial charge in [0, 0.05) is 18.6 Å². The number of hydrogen-bond acceptors (Lipinski definition) is 2. The van der Waals surface area contributed by atoms with E-state index in [0.29, 0.717) is 18.4 Å². The molecule has 2 rings (SSSR count). The molecule has 2 N–H and O–H groups in total. The van der Waals surface area contributed by atoms with Gasteiger partial charge in [-0.2, -0.15) is 13.2 Å². The Morgan fingerprint density at radius 3 is 2.28 bits per heavy atom. The maximum Gasteiger partial charge on any atom is 0.401 e. The Morgan fingerprint density at radius 2 is 1.83 bits per heavy atom. The smallest absolute Gasteiger partial charge is 0.327 e. The van der Waals surface area contributed by atoms with Gasteiger partial charge in [-0.1, -0.05) is 0 Å². The van der Waals surface area contributed by atoms with Crippen molar-refractivity contribution in [2.24, 2.45) is 23.5 Å².